The zero-order chi connectivity index (χ0) is 19.7. The van der Waals surface area contributed by atoms with E-state index in [0.717, 1.165) is 15.8 Å². The van der Waals surface area contributed by atoms with Gasteiger partial charge in [-0.2, -0.15) is 5.10 Å². The Morgan fingerprint density at radius 3 is 2.75 bits per heavy atom. The van der Waals surface area contributed by atoms with Gasteiger partial charge in [0.25, 0.3) is 5.56 Å². The molecule has 144 valence electrons. The molecule has 0 unspecified atom stereocenters. The van der Waals surface area contributed by atoms with Gasteiger partial charge >= 0.3 is 0 Å². The molecule has 0 aliphatic heterocycles. The van der Waals surface area contributed by atoms with Crippen molar-refractivity contribution in [1.82, 2.24) is 19.5 Å². The van der Waals surface area contributed by atoms with Crippen LogP contribution in [0.3, 0.4) is 0 Å². The van der Waals surface area contributed by atoms with Crippen LogP contribution in [0.15, 0.2) is 52.1 Å². The van der Waals surface area contributed by atoms with Crippen LogP contribution in [0, 0.1) is 0 Å². The highest BCUT2D eigenvalue weighted by molar-refractivity contribution is 5.82. The van der Waals surface area contributed by atoms with Crippen LogP contribution in [-0.4, -0.2) is 34.3 Å². The number of nitrogens with zero attached hydrogens (tertiary/aromatic N) is 3. The van der Waals surface area contributed by atoms with Gasteiger partial charge in [-0.05, 0) is 17.7 Å². The quantitative estimate of drug-likeness (QED) is 0.543. The molecule has 1 N–H and O–H groups in total. The maximum Gasteiger partial charge on any atom is 0.291 e. The number of fused-ring (bicyclic) bond motifs is 3. The molecule has 0 saturated heterocycles. The van der Waals surface area contributed by atoms with Crippen LogP contribution in [0.1, 0.15) is 5.56 Å². The van der Waals surface area contributed by atoms with Crippen LogP contribution in [-0.2, 0) is 17.9 Å². The first-order chi connectivity index (χ1) is 13.6. The van der Waals surface area contributed by atoms with Crippen molar-refractivity contribution in [3.05, 3.63) is 58.8 Å². The summed E-state index contributed by atoms with van der Waals surface area (Å²) < 4.78 is 18.5. The van der Waals surface area contributed by atoms with Crippen molar-refractivity contribution in [1.29, 1.82) is 0 Å². The highest BCUT2D eigenvalue weighted by Gasteiger charge is 2.13. The number of hydrogen-bond acceptors (Lipinski definition) is 6. The van der Waals surface area contributed by atoms with Crippen molar-refractivity contribution in [3.8, 4) is 11.5 Å². The van der Waals surface area contributed by atoms with E-state index in [-0.39, 0.29) is 24.6 Å². The smallest absolute Gasteiger partial charge is 0.291 e. The molecule has 0 bridgehead atoms. The van der Waals surface area contributed by atoms with E-state index in [1.54, 1.807) is 49.1 Å². The summed E-state index contributed by atoms with van der Waals surface area (Å²) >= 11 is 0. The molecular weight excluding hydrogens is 364 g/mol. The third-order valence-corrected chi connectivity index (χ3v) is 4.45. The fraction of sp³-hybridized carbons (Fsp3) is 0.211. The van der Waals surface area contributed by atoms with E-state index in [1.165, 1.54) is 6.33 Å². The molecule has 0 spiro atoms. The molecule has 9 heteroatoms. The van der Waals surface area contributed by atoms with Crippen LogP contribution in [0.25, 0.3) is 16.6 Å². The van der Waals surface area contributed by atoms with Crippen molar-refractivity contribution >= 4 is 22.5 Å². The lowest BCUT2D eigenvalue weighted by Crippen LogP contribution is -2.33. The zero-order valence-electron chi connectivity index (χ0n) is 15.3. The molecule has 0 aliphatic carbocycles. The van der Waals surface area contributed by atoms with Crippen LogP contribution in [0.4, 0.5) is 0 Å². The molecule has 3 aromatic heterocycles. The first-order valence-corrected chi connectivity index (χ1v) is 8.52. The van der Waals surface area contributed by atoms with Crippen LogP contribution in [0.2, 0.25) is 0 Å². The van der Waals surface area contributed by atoms with Gasteiger partial charge in [0.15, 0.2) is 17.1 Å². The molecular formula is C19H18N4O5. The lowest BCUT2D eigenvalue weighted by Gasteiger charge is -2.11. The van der Waals surface area contributed by atoms with Crippen molar-refractivity contribution in [2.24, 2.45) is 0 Å². The van der Waals surface area contributed by atoms with Gasteiger partial charge in [0.1, 0.15) is 18.4 Å². The topological polar surface area (TPSA) is 100 Å². The predicted molar refractivity (Wildman–Crippen MR) is 101 cm³/mol. The Labute approximate surface area is 159 Å². The number of rotatable bonds is 6. The molecule has 4 aromatic rings. The Morgan fingerprint density at radius 2 is 1.96 bits per heavy atom. The lowest BCUT2D eigenvalue weighted by molar-refractivity contribution is -0.122. The summed E-state index contributed by atoms with van der Waals surface area (Å²) in [7, 11) is 3.11. The number of carbonyl (C=O) groups excluding carboxylic acids is 1. The van der Waals surface area contributed by atoms with Crippen molar-refractivity contribution < 1.29 is 18.7 Å². The third-order valence-electron chi connectivity index (χ3n) is 4.45. The normalized spacial score (nSPS) is 11.1. The second-order valence-electron chi connectivity index (χ2n) is 6.13. The van der Waals surface area contributed by atoms with Gasteiger partial charge in [-0.3, -0.25) is 14.0 Å². The van der Waals surface area contributed by atoms with Crippen molar-refractivity contribution in [3.63, 3.8) is 0 Å². The van der Waals surface area contributed by atoms with Crippen molar-refractivity contribution in [2.75, 3.05) is 14.2 Å². The second kappa shape index (κ2) is 7.10. The number of ether oxygens (including phenoxy) is 2. The summed E-state index contributed by atoms with van der Waals surface area (Å²) in [6, 6.07) is 8.77. The maximum atomic E-state index is 12.6. The number of furan rings is 1. The van der Waals surface area contributed by atoms with E-state index in [2.05, 4.69) is 10.4 Å². The van der Waals surface area contributed by atoms with Gasteiger partial charge in [-0.1, -0.05) is 6.07 Å². The highest BCUT2D eigenvalue weighted by Crippen LogP contribution is 2.27. The SMILES string of the molecule is COc1ccc(CNC(=O)Cn2ncn3c(cc4occc43)c2=O)cc1OC. The largest absolute Gasteiger partial charge is 0.493 e. The van der Waals surface area contributed by atoms with Gasteiger partial charge in [0, 0.05) is 18.7 Å². The maximum absolute atomic E-state index is 12.6. The first-order valence-electron chi connectivity index (χ1n) is 8.52. The Morgan fingerprint density at radius 1 is 1.14 bits per heavy atom. The van der Waals surface area contributed by atoms with E-state index in [9.17, 15) is 9.59 Å². The number of carbonyl (C=O) groups is 1. The molecule has 0 atom stereocenters. The first kappa shape index (κ1) is 17.7. The highest BCUT2D eigenvalue weighted by atomic mass is 16.5. The van der Waals surface area contributed by atoms with E-state index in [4.69, 9.17) is 13.9 Å². The fourth-order valence-corrected chi connectivity index (χ4v) is 3.03. The Hall–Kier alpha value is -3.75. The summed E-state index contributed by atoms with van der Waals surface area (Å²) in [6.07, 6.45) is 3.04. The number of benzene rings is 1. The minimum atomic E-state index is -0.366. The van der Waals surface area contributed by atoms with Gasteiger partial charge in [0.05, 0.1) is 26.0 Å². The van der Waals surface area contributed by atoms with E-state index in [1.807, 2.05) is 6.07 Å². The van der Waals surface area contributed by atoms with Gasteiger partial charge in [-0.15, -0.1) is 0 Å². The lowest BCUT2D eigenvalue weighted by atomic mass is 10.2. The molecule has 0 saturated carbocycles. The zero-order valence-corrected chi connectivity index (χ0v) is 15.3. The molecule has 28 heavy (non-hydrogen) atoms. The summed E-state index contributed by atoms with van der Waals surface area (Å²) in [6.45, 7) is 0.101. The summed E-state index contributed by atoms with van der Waals surface area (Å²) in [5.41, 5.74) is 2.22. The standard InChI is InChI=1S/C19H18N4O5/c1-26-15-4-3-12(7-17(15)27-2)9-20-18(24)10-23-19(25)14-8-16-13(5-6-28-16)22(14)11-21-23/h3-8,11H,9-10H2,1-2H3,(H,20,24). The Kier molecular flexibility index (Phi) is 4.48. The monoisotopic (exact) mass is 382 g/mol. The number of methoxy groups -OCH3 is 2. The molecule has 0 aliphatic rings. The number of nitrogens with one attached hydrogen (secondary N) is 1. The molecule has 1 amide bonds. The van der Waals surface area contributed by atoms with Crippen LogP contribution < -0.4 is 20.3 Å². The van der Waals surface area contributed by atoms with Gasteiger partial charge in [0.2, 0.25) is 5.91 Å². The Balaban J connectivity index is 1.48. The van der Waals surface area contributed by atoms with E-state index >= 15 is 0 Å². The average Bonchev–Trinajstić information content (AvgIpc) is 3.30. The molecule has 0 radical (unpaired) electrons. The van der Waals surface area contributed by atoms with E-state index in [0.29, 0.717) is 22.6 Å². The molecule has 4 rings (SSSR count). The third kappa shape index (κ3) is 3.07. The molecule has 0 fully saturated rings. The molecule has 1 aromatic carbocycles. The number of hydrogen-bond donors (Lipinski definition) is 1. The van der Waals surface area contributed by atoms with E-state index < -0.39 is 0 Å². The fourth-order valence-electron chi connectivity index (χ4n) is 3.03. The van der Waals surface area contributed by atoms with Gasteiger partial charge in [-0.25, -0.2) is 4.68 Å². The van der Waals surface area contributed by atoms with Gasteiger partial charge < -0.3 is 19.2 Å². The van der Waals surface area contributed by atoms with Crippen molar-refractivity contribution in [2.45, 2.75) is 13.1 Å². The number of aromatic nitrogens is 3. The number of amides is 1. The Bertz CT molecular complexity index is 1220. The minimum absolute atomic E-state index is 0.185. The predicted octanol–water partition coefficient (Wildman–Crippen LogP) is 1.58. The summed E-state index contributed by atoms with van der Waals surface area (Å²) in [5, 5.41) is 6.85. The average molecular weight is 382 g/mol. The van der Waals surface area contributed by atoms with Crippen LogP contribution >= 0.6 is 0 Å². The molecule has 3 heterocycles. The minimum Gasteiger partial charge on any atom is -0.493 e. The second-order valence-corrected chi connectivity index (χ2v) is 6.13. The summed E-state index contributed by atoms with van der Waals surface area (Å²) in [5.74, 6) is 0.860. The molecule has 9 nitrogen and oxygen atoms in total. The van der Waals surface area contributed by atoms with Crippen LogP contribution in [0.5, 0.6) is 11.5 Å². The summed E-state index contributed by atoms with van der Waals surface area (Å²) in [4.78, 5) is 24.9.